The van der Waals surface area contributed by atoms with Crippen molar-refractivity contribution in [3.05, 3.63) is 130 Å². The van der Waals surface area contributed by atoms with Gasteiger partial charge in [-0.05, 0) is 58.6 Å². The van der Waals surface area contributed by atoms with E-state index >= 15 is 0 Å². The van der Waals surface area contributed by atoms with Gasteiger partial charge in [0, 0.05) is 28.1 Å². The van der Waals surface area contributed by atoms with Gasteiger partial charge in [0.1, 0.15) is 31.0 Å². The minimum Gasteiger partial charge on any atom is -0.459 e. The van der Waals surface area contributed by atoms with E-state index in [0.717, 1.165) is 16.3 Å². The van der Waals surface area contributed by atoms with E-state index in [1.54, 1.807) is 60.7 Å². The zero-order valence-electron chi connectivity index (χ0n) is 35.5. The summed E-state index contributed by atoms with van der Waals surface area (Å²) in [7, 11) is -3.02. The van der Waals surface area contributed by atoms with E-state index in [-0.39, 0.29) is 43.0 Å². The summed E-state index contributed by atoms with van der Waals surface area (Å²) in [4.78, 5) is 29.8. The molecule has 0 saturated carbocycles. The summed E-state index contributed by atoms with van der Waals surface area (Å²) in [6, 6.07) is 31.4. The van der Waals surface area contributed by atoms with Gasteiger partial charge in [-0.25, -0.2) is 9.59 Å². The number of carbonyl (C=O) groups is 2. The van der Waals surface area contributed by atoms with Crippen molar-refractivity contribution in [2.75, 3.05) is 26.4 Å². The number of hydrogen-bond donors (Lipinski definition) is 0. The van der Waals surface area contributed by atoms with Crippen LogP contribution in [-0.4, -0.2) is 96.1 Å². The lowest BCUT2D eigenvalue weighted by molar-refractivity contribution is -0.251. The number of ether oxygens (including phenoxy) is 7. The van der Waals surface area contributed by atoms with E-state index in [4.69, 9.17) is 47.5 Å². The summed E-state index contributed by atoms with van der Waals surface area (Å²) in [5.41, 5.74) is 10.4. The van der Waals surface area contributed by atoms with Crippen molar-refractivity contribution in [1.82, 2.24) is 0 Å². The SMILES string of the molecule is CC(C)(C)[Si]1(C(C)(C)C)OC[C@@H]2O[C@H](O[C@H]3[C@@H](OCCCN=[N+]=[N-])O[C@@H](COC(=O)c4ccccc4)[C@@H]3OC(=O)c3ccccc3)[C@H](OCc3ccc4ccccc4c3)[C@H]2O1. The topological polar surface area (TPSA) is 166 Å². The van der Waals surface area contributed by atoms with E-state index < -0.39 is 69.7 Å². The van der Waals surface area contributed by atoms with Gasteiger partial charge in [-0.3, -0.25) is 0 Å². The van der Waals surface area contributed by atoms with Crippen LogP contribution in [0.15, 0.2) is 108 Å². The van der Waals surface area contributed by atoms with Gasteiger partial charge in [-0.1, -0.05) is 119 Å². The lowest BCUT2D eigenvalue weighted by atomic mass is 10.1. The predicted molar refractivity (Wildman–Crippen MR) is 228 cm³/mol. The Kier molecular flexibility index (Phi) is 13.9. The zero-order valence-corrected chi connectivity index (χ0v) is 36.5. The maximum atomic E-state index is 13.8. The van der Waals surface area contributed by atoms with Gasteiger partial charge in [-0.15, -0.1) is 0 Å². The average Bonchev–Trinajstić information content (AvgIpc) is 3.76. The third-order valence-electron chi connectivity index (χ3n) is 11.2. The molecule has 15 heteroatoms. The fourth-order valence-corrected chi connectivity index (χ4v) is 13.4. The molecular weight excluding hydrogens is 799 g/mol. The second-order valence-corrected chi connectivity index (χ2v) is 22.3. The Morgan fingerprint density at radius 2 is 1.43 bits per heavy atom. The fourth-order valence-electron chi connectivity index (χ4n) is 8.47. The highest BCUT2D eigenvalue weighted by atomic mass is 28.4. The van der Waals surface area contributed by atoms with Crippen LogP contribution in [-0.2, 0) is 48.6 Å². The quantitative estimate of drug-likeness (QED) is 0.0280. The smallest absolute Gasteiger partial charge is 0.349 e. The Labute approximate surface area is 357 Å². The highest BCUT2D eigenvalue weighted by molar-refractivity contribution is 6.73. The van der Waals surface area contributed by atoms with Gasteiger partial charge < -0.3 is 42.0 Å². The number of hydrogen-bond acceptors (Lipinski definition) is 12. The molecule has 3 saturated heterocycles. The Balaban J connectivity index is 1.22. The Hall–Kier alpha value is -4.67. The molecule has 3 aliphatic rings. The number of azide groups is 1. The van der Waals surface area contributed by atoms with Crippen LogP contribution in [0.25, 0.3) is 21.2 Å². The van der Waals surface area contributed by atoms with Crippen molar-refractivity contribution in [2.45, 2.75) is 114 Å². The second kappa shape index (κ2) is 19.2. The molecule has 0 N–H and O–H groups in total. The zero-order chi connectivity index (χ0) is 43.2. The minimum atomic E-state index is -3.02. The molecule has 7 rings (SSSR count). The Morgan fingerprint density at radius 3 is 2.10 bits per heavy atom. The van der Waals surface area contributed by atoms with Crippen LogP contribution in [0.4, 0.5) is 0 Å². The lowest BCUT2D eigenvalue weighted by Crippen LogP contribution is -2.65. The molecule has 0 radical (unpaired) electrons. The Morgan fingerprint density at radius 1 is 0.770 bits per heavy atom. The molecule has 0 unspecified atom stereocenters. The van der Waals surface area contributed by atoms with Crippen molar-refractivity contribution >= 4 is 31.3 Å². The first kappa shape index (κ1) is 44.4. The highest BCUT2D eigenvalue weighted by Crippen LogP contribution is 2.55. The summed E-state index contributed by atoms with van der Waals surface area (Å²) in [5.74, 6) is -1.22. The predicted octanol–water partition coefficient (Wildman–Crippen LogP) is 8.82. The van der Waals surface area contributed by atoms with Crippen molar-refractivity contribution in [2.24, 2.45) is 5.11 Å². The molecule has 0 bridgehead atoms. The van der Waals surface area contributed by atoms with Crippen LogP contribution < -0.4 is 0 Å². The number of carbonyl (C=O) groups excluding carboxylic acids is 2. The largest absolute Gasteiger partial charge is 0.459 e. The van der Waals surface area contributed by atoms with Crippen LogP contribution >= 0.6 is 0 Å². The van der Waals surface area contributed by atoms with Crippen molar-refractivity contribution in [1.29, 1.82) is 0 Å². The summed E-state index contributed by atoms with van der Waals surface area (Å²) in [5, 5.41) is 5.16. The van der Waals surface area contributed by atoms with Gasteiger partial charge in [0.05, 0.1) is 24.3 Å². The normalized spacial score (nSPS) is 26.0. The number of fused-ring (bicyclic) bond motifs is 2. The fraction of sp³-hybridized carbons (Fsp3) is 0.478. The first-order chi connectivity index (χ1) is 29.3. The summed E-state index contributed by atoms with van der Waals surface area (Å²) in [6.45, 7) is 13.4. The molecule has 0 amide bonds. The number of nitrogens with zero attached hydrogens (tertiary/aromatic N) is 3. The average molecular weight is 854 g/mol. The summed E-state index contributed by atoms with van der Waals surface area (Å²) in [6.07, 6.45) is -7.04. The highest BCUT2D eigenvalue weighted by Gasteiger charge is 2.66. The van der Waals surface area contributed by atoms with Crippen LogP contribution in [0.5, 0.6) is 0 Å². The van der Waals surface area contributed by atoms with Gasteiger partial charge in [0.2, 0.25) is 0 Å². The molecule has 3 fully saturated rings. The second-order valence-electron chi connectivity index (χ2n) is 17.5. The molecule has 3 heterocycles. The van der Waals surface area contributed by atoms with E-state index in [0.29, 0.717) is 17.5 Å². The van der Waals surface area contributed by atoms with E-state index in [1.165, 1.54) is 0 Å². The number of rotatable bonds is 15. The van der Waals surface area contributed by atoms with Gasteiger partial charge in [-0.2, -0.15) is 0 Å². The number of esters is 2. The molecule has 4 aromatic carbocycles. The molecule has 4 aromatic rings. The van der Waals surface area contributed by atoms with Crippen molar-refractivity contribution in [3.63, 3.8) is 0 Å². The standard InChI is InChI=1S/C46H55N3O11Si/c1-45(2,3)61(46(4,5)6)55-29-36-38(60-61)39(53-27-30-22-23-31-16-13-14-21-34(31)26-30)44(57-36)59-40-37(58-42(51)33-19-11-8-12-20-33)35(56-43(40)52-25-15-24-48-49-47)28-54-41(50)32-17-9-7-10-18-32/h7-14,16-23,26,35-40,43-44H,15,24-25,27-29H2,1-6H3/t35-,36-,37-,38-,39+,40+,43-,44+/m0/s1. The lowest BCUT2D eigenvalue weighted by Gasteiger charge is -2.53. The molecular formula is C46H55N3O11Si. The van der Waals surface area contributed by atoms with Crippen LogP contribution in [0, 0.1) is 0 Å². The molecule has 3 aliphatic heterocycles. The van der Waals surface area contributed by atoms with Crippen LogP contribution in [0.3, 0.4) is 0 Å². The molecule has 324 valence electrons. The molecule has 0 aromatic heterocycles. The van der Waals surface area contributed by atoms with Gasteiger partial charge in [0.15, 0.2) is 24.8 Å². The van der Waals surface area contributed by atoms with Crippen molar-refractivity contribution in [3.8, 4) is 0 Å². The third kappa shape index (κ3) is 10.0. The molecule has 61 heavy (non-hydrogen) atoms. The maximum absolute atomic E-state index is 13.8. The van der Waals surface area contributed by atoms with Crippen molar-refractivity contribution < 1.29 is 51.6 Å². The summed E-state index contributed by atoms with van der Waals surface area (Å²) >= 11 is 0. The minimum absolute atomic E-state index is 0.111. The Bertz CT molecular complexity index is 2140. The molecule has 14 nitrogen and oxygen atoms in total. The van der Waals surface area contributed by atoms with Gasteiger partial charge in [0.25, 0.3) is 0 Å². The van der Waals surface area contributed by atoms with E-state index in [1.807, 2.05) is 18.2 Å². The maximum Gasteiger partial charge on any atom is 0.349 e. The number of benzene rings is 4. The molecule has 8 atom stereocenters. The first-order valence-corrected chi connectivity index (χ1v) is 22.6. The molecule has 0 aliphatic carbocycles. The van der Waals surface area contributed by atoms with Gasteiger partial charge >= 0.3 is 20.5 Å². The molecule has 0 spiro atoms. The van der Waals surface area contributed by atoms with E-state index in [9.17, 15) is 9.59 Å². The summed E-state index contributed by atoms with van der Waals surface area (Å²) < 4.78 is 59.1. The first-order valence-electron chi connectivity index (χ1n) is 20.8. The monoisotopic (exact) mass is 853 g/mol. The van der Waals surface area contributed by atoms with Crippen LogP contribution in [0.2, 0.25) is 10.1 Å². The third-order valence-corrected chi connectivity index (χ3v) is 16.3. The van der Waals surface area contributed by atoms with E-state index in [2.05, 4.69) is 75.8 Å². The van der Waals surface area contributed by atoms with Crippen LogP contribution in [0.1, 0.15) is 74.2 Å².